The Balaban J connectivity index is 1.71. The van der Waals surface area contributed by atoms with E-state index < -0.39 is 17.9 Å². The first-order valence-corrected chi connectivity index (χ1v) is 10.6. The van der Waals surface area contributed by atoms with Gasteiger partial charge in [0.15, 0.2) is 0 Å². The first kappa shape index (κ1) is 22.2. The second-order valence-electron chi connectivity index (χ2n) is 8.25. The molecule has 30 heavy (non-hydrogen) atoms. The molecule has 0 unspecified atom stereocenters. The van der Waals surface area contributed by atoms with Gasteiger partial charge in [-0.15, -0.1) is 0 Å². The molecule has 8 heteroatoms. The highest BCUT2D eigenvalue weighted by Crippen LogP contribution is 2.32. The zero-order valence-corrected chi connectivity index (χ0v) is 17.5. The van der Waals surface area contributed by atoms with E-state index in [0.29, 0.717) is 31.7 Å². The lowest BCUT2D eigenvalue weighted by molar-refractivity contribution is -0.186. The van der Waals surface area contributed by atoms with Gasteiger partial charge in [-0.05, 0) is 24.3 Å². The van der Waals surface area contributed by atoms with E-state index in [1.165, 1.54) is 10.1 Å². The van der Waals surface area contributed by atoms with Gasteiger partial charge in [0.2, 0.25) is 12.3 Å². The summed E-state index contributed by atoms with van der Waals surface area (Å²) >= 11 is 0. The largest absolute Gasteiger partial charge is 0.480 e. The summed E-state index contributed by atoms with van der Waals surface area (Å²) in [6, 6.07) is 8.64. The summed E-state index contributed by atoms with van der Waals surface area (Å²) in [6.45, 7) is 0.856. The van der Waals surface area contributed by atoms with E-state index in [2.05, 4.69) is 0 Å². The Morgan fingerprint density at radius 1 is 1.23 bits per heavy atom. The van der Waals surface area contributed by atoms with Gasteiger partial charge in [-0.1, -0.05) is 56.0 Å². The molecule has 2 fully saturated rings. The van der Waals surface area contributed by atoms with Crippen LogP contribution in [0.1, 0.15) is 44.1 Å². The van der Waals surface area contributed by atoms with Gasteiger partial charge >= 0.3 is 5.97 Å². The van der Waals surface area contributed by atoms with Crippen LogP contribution in [0, 0.1) is 11.8 Å². The Kier molecular flexibility index (Phi) is 7.81. The average Bonchev–Trinajstić information content (AvgIpc) is 3.40. The minimum absolute atomic E-state index is 0.113. The average molecular weight is 418 g/mol. The van der Waals surface area contributed by atoms with E-state index in [0.717, 1.165) is 31.2 Å². The van der Waals surface area contributed by atoms with Crippen LogP contribution in [0.4, 0.5) is 0 Å². The lowest BCUT2D eigenvalue weighted by atomic mass is 9.92. The molecule has 0 radical (unpaired) electrons. The van der Waals surface area contributed by atoms with Gasteiger partial charge in [-0.2, -0.15) is 0 Å². The standard InChI is InChI=1S/C22H31N3O5/c1-23-12-11-20(22(28)29)25(23)21(27)19(13-17-7-5-6-8-17)14-24(16-26)30-15-18-9-3-2-4-10-18/h2-4,9-10,16-17,19-20H,5-8,11-15H2,1H3,(H,28,29)/t19-,20+/m1/s1. The number of nitrogens with zero attached hydrogens (tertiary/aromatic N) is 3. The maximum absolute atomic E-state index is 13.4. The predicted octanol–water partition coefficient (Wildman–Crippen LogP) is 2.31. The maximum atomic E-state index is 13.4. The van der Waals surface area contributed by atoms with Crippen LogP contribution in [0.2, 0.25) is 0 Å². The summed E-state index contributed by atoms with van der Waals surface area (Å²) in [5.41, 5.74) is 0.924. The van der Waals surface area contributed by atoms with Crippen LogP contribution in [0.25, 0.3) is 0 Å². The number of carboxylic acids is 1. The van der Waals surface area contributed by atoms with E-state index in [4.69, 9.17) is 4.84 Å². The smallest absolute Gasteiger partial charge is 0.328 e. The van der Waals surface area contributed by atoms with Crippen molar-refractivity contribution in [2.45, 2.75) is 51.2 Å². The number of hydroxylamine groups is 2. The fraction of sp³-hybridized carbons (Fsp3) is 0.591. The molecule has 1 aromatic rings. The van der Waals surface area contributed by atoms with Crippen molar-refractivity contribution in [1.82, 2.24) is 15.1 Å². The second-order valence-corrected chi connectivity index (χ2v) is 8.25. The predicted molar refractivity (Wildman–Crippen MR) is 110 cm³/mol. The molecule has 2 atom stereocenters. The van der Waals surface area contributed by atoms with Gasteiger partial charge in [0.1, 0.15) is 12.6 Å². The molecule has 164 valence electrons. The highest BCUT2D eigenvalue weighted by molar-refractivity contribution is 5.85. The van der Waals surface area contributed by atoms with Crippen molar-refractivity contribution in [3.05, 3.63) is 35.9 Å². The molecule has 3 rings (SSSR count). The Morgan fingerprint density at radius 3 is 2.57 bits per heavy atom. The van der Waals surface area contributed by atoms with Crippen molar-refractivity contribution in [3.63, 3.8) is 0 Å². The molecule has 1 aromatic carbocycles. The normalized spacial score (nSPS) is 21.0. The number of hydrogen-bond acceptors (Lipinski definition) is 5. The number of carbonyl (C=O) groups excluding carboxylic acids is 2. The van der Waals surface area contributed by atoms with Gasteiger partial charge < -0.3 is 5.11 Å². The Labute approximate surface area is 177 Å². The van der Waals surface area contributed by atoms with E-state index in [-0.39, 0.29) is 19.1 Å². The first-order valence-electron chi connectivity index (χ1n) is 10.6. The summed E-state index contributed by atoms with van der Waals surface area (Å²) in [5, 5.41) is 13.8. The van der Waals surface area contributed by atoms with Crippen molar-refractivity contribution in [2.75, 3.05) is 20.1 Å². The van der Waals surface area contributed by atoms with Crippen molar-refractivity contribution < 1.29 is 24.3 Å². The second kappa shape index (κ2) is 10.5. The summed E-state index contributed by atoms with van der Waals surface area (Å²) in [6.07, 6.45) is 6.05. The molecule has 1 aliphatic heterocycles. The fourth-order valence-electron chi connectivity index (χ4n) is 4.49. The molecular weight excluding hydrogens is 386 g/mol. The van der Waals surface area contributed by atoms with Crippen molar-refractivity contribution in [3.8, 4) is 0 Å². The Hall–Kier alpha value is -2.45. The van der Waals surface area contributed by atoms with Crippen LogP contribution in [-0.4, -0.2) is 64.7 Å². The number of aliphatic carboxylic acids is 1. The summed E-state index contributed by atoms with van der Waals surface area (Å²) in [5.74, 6) is -1.33. The topological polar surface area (TPSA) is 90.4 Å². The highest BCUT2D eigenvalue weighted by atomic mass is 16.7. The van der Waals surface area contributed by atoms with Gasteiger partial charge in [0.25, 0.3) is 0 Å². The van der Waals surface area contributed by atoms with Crippen LogP contribution in [0.3, 0.4) is 0 Å². The number of rotatable bonds is 10. The van der Waals surface area contributed by atoms with E-state index in [1.54, 1.807) is 12.1 Å². The van der Waals surface area contributed by atoms with E-state index in [1.807, 2.05) is 30.3 Å². The minimum atomic E-state index is -1.00. The summed E-state index contributed by atoms with van der Waals surface area (Å²) < 4.78 is 0. The Bertz CT molecular complexity index is 723. The zero-order valence-electron chi connectivity index (χ0n) is 17.5. The van der Waals surface area contributed by atoms with Gasteiger partial charge in [-0.3, -0.25) is 19.4 Å². The molecule has 0 aromatic heterocycles. The minimum Gasteiger partial charge on any atom is -0.480 e. The third-order valence-corrected chi connectivity index (χ3v) is 6.10. The number of hydrazine groups is 1. The highest BCUT2D eigenvalue weighted by Gasteiger charge is 2.41. The van der Waals surface area contributed by atoms with Crippen LogP contribution in [0.5, 0.6) is 0 Å². The molecule has 0 spiro atoms. The van der Waals surface area contributed by atoms with Gasteiger partial charge in [-0.25, -0.2) is 14.9 Å². The summed E-state index contributed by atoms with van der Waals surface area (Å²) in [7, 11) is 1.73. The number of carboxylic acid groups (broad SMARTS) is 1. The number of carbonyl (C=O) groups is 3. The van der Waals surface area contributed by atoms with Gasteiger partial charge in [0.05, 0.1) is 12.5 Å². The van der Waals surface area contributed by atoms with Crippen LogP contribution < -0.4 is 0 Å². The van der Waals surface area contributed by atoms with Crippen LogP contribution in [0.15, 0.2) is 30.3 Å². The van der Waals surface area contributed by atoms with E-state index >= 15 is 0 Å². The first-order chi connectivity index (χ1) is 14.5. The number of amides is 2. The molecule has 1 N–H and O–H groups in total. The molecule has 8 nitrogen and oxygen atoms in total. The number of hydrogen-bond donors (Lipinski definition) is 1. The zero-order chi connectivity index (χ0) is 21.5. The molecule has 1 saturated heterocycles. The van der Waals surface area contributed by atoms with E-state index in [9.17, 15) is 19.5 Å². The molecule has 2 aliphatic rings. The maximum Gasteiger partial charge on any atom is 0.328 e. The molecule has 1 saturated carbocycles. The van der Waals surface area contributed by atoms with Crippen molar-refractivity contribution in [2.24, 2.45) is 11.8 Å². The molecule has 1 aliphatic carbocycles. The lowest BCUT2D eigenvalue weighted by Gasteiger charge is -2.33. The molecule has 1 heterocycles. The van der Waals surface area contributed by atoms with Gasteiger partial charge in [0, 0.05) is 13.6 Å². The Morgan fingerprint density at radius 2 is 1.93 bits per heavy atom. The SMILES string of the molecule is CN1CC[C@@H](C(=O)O)N1C(=O)[C@H](CC1CCCC1)CN(C=O)OCc1ccccc1. The fourth-order valence-corrected chi connectivity index (χ4v) is 4.49. The summed E-state index contributed by atoms with van der Waals surface area (Å²) in [4.78, 5) is 42.4. The lowest BCUT2D eigenvalue weighted by Crippen LogP contribution is -2.51. The van der Waals surface area contributed by atoms with Crippen LogP contribution in [-0.2, 0) is 25.8 Å². The number of benzene rings is 1. The third-order valence-electron chi connectivity index (χ3n) is 6.10. The van der Waals surface area contributed by atoms with Crippen molar-refractivity contribution >= 4 is 18.3 Å². The molecule has 0 bridgehead atoms. The van der Waals surface area contributed by atoms with Crippen LogP contribution >= 0.6 is 0 Å². The molecule has 2 amide bonds. The molecular formula is C22H31N3O5. The monoisotopic (exact) mass is 417 g/mol. The quantitative estimate of drug-likeness (QED) is 0.464. The van der Waals surface area contributed by atoms with Crippen molar-refractivity contribution in [1.29, 1.82) is 0 Å². The third kappa shape index (κ3) is 5.58.